The molecule has 0 N–H and O–H groups in total. The fourth-order valence-electron chi connectivity index (χ4n) is 8.38. The molecule has 10 rings (SSSR count). The first kappa shape index (κ1) is 35.0. The number of hydrogen-bond donors (Lipinski definition) is 0. The Bertz CT molecular complexity index is 2970. The second-order valence-electron chi connectivity index (χ2n) is 14.9. The van der Waals surface area contributed by atoms with Gasteiger partial charge in [-0.15, -0.1) is 0 Å². The Morgan fingerprint density at radius 3 is 1.62 bits per heavy atom. The van der Waals surface area contributed by atoms with Crippen molar-refractivity contribution in [3.05, 3.63) is 242 Å². The average molecular weight is 741 g/mol. The molecule has 9 aromatic carbocycles. The summed E-state index contributed by atoms with van der Waals surface area (Å²) in [5.41, 5.74) is 17.7. The van der Waals surface area contributed by atoms with E-state index in [1.165, 1.54) is 60.8 Å². The molecule has 0 amide bonds. The summed E-state index contributed by atoms with van der Waals surface area (Å²) in [6, 6.07) is 81.2. The Hall–Kier alpha value is -7.48. The van der Waals surface area contributed by atoms with E-state index in [-0.39, 0.29) is 0 Å². The number of furan rings is 1. The number of fused-ring (bicyclic) bond motifs is 1. The first-order valence-electron chi connectivity index (χ1n) is 19.9. The molecule has 0 fully saturated rings. The van der Waals surface area contributed by atoms with Gasteiger partial charge in [-0.1, -0.05) is 200 Å². The van der Waals surface area contributed by atoms with E-state index in [0.29, 0.717) is 0 Å². The van der Waals surface area contributed by atoms with E-state index in [1.807, 2.05) is 6.07 Å². The maximum atomic E-state index is 6.08. The molecule has 274 valence electrons. The molecule has 0 aliphatic rings. The molecule has 0 atom stereocenters. The predicted octanol–water partition coefficient (Wildman–Crippen LogP) is 15.7. The van der Waals surface area contributed by atoms with Gasteiger partial charge in [-0.3, -0.25) is 0 Å². The molecule has 0 spiro atoms. The van der Waals surface area contributed by atoms with Crippen molar-refractivity contribution in [2.24, 2.45) is 0 Å². The van der Waals surface area contributed by atoms with E-state index in [2.05, 4.69) is 218 Å². The van der Waals surface area contributed by atoms with Crippen molar-refractivity contribution in [1.82, 2.24) is 0 Å². The van der Waals surface area contributed by atoms with Gasteiger partial charge in [0.25, 0.3) is 0 Å². The van der Waals surface area contributed by atoms with Gasteiger partial charge in [0.15, 0.2) is 0 Å². The van der Waals surface area contributed by atoms with Crippen LogP contribution in [0.5, 0.6) is 0 Å². The SMILES string of the molecule is c1ccc(Cc2cccc(-c3cc(-c4ccc(-c5ccccc5)cc4)c(-c4ccc(-c5cccc6ccccc56)cc4)c(-c4ccccc4-c4ccco4)c3)c2)cc1. The smallest absolute Gasteiger partial charge is 0.134 e. The van der Waals surface area contributed by atoms with Crippen molar-refractivity contribution in [2.45, 2.75) is 6.42 Å². The zero-order chi connectivity index (χ0) is 38.7. The van der Waals surface area contributed by atoms with Crippen LogP contribution in [0.4, 0.5) is 0 Å². The van der Waals surface area contributed by atoms with E-state index in [0.717, 1.165) is 45.6 Å². The quantitative estimate of drug-likeness (QED) is 0.144. The molecular formula is C57H40O. The number of hydrogen-bond acceptors (Lipinski definition) is 1. The third-order valence-electron chi connectivity index (χ3n) is 11.2. The molecule has 0 aliphatic carbocycles. The highest BCUT2D eigenvalue weighted by Gasteiger charge is 2.21. The first-order chi connectivity index (χ1) is 28.7. The summed E-state index contributed by atoms with van der Waals surface area (Å²) in [5.74, 6) is 0.844. The fourth-order valence-corrected chi connectivity index (χ4v) is 8.38. The van der Waals surface area contributed by atoms with Crippen LogP contribution in [0.2, 0.25) is 0 Å². The van der Waals surface area contributed by atoms with Gasteiger partial charge in [0.1, 0.15) is 5.76 Å². The summed E-state index contributed by atoms with van der Waals surface area (Å²) in [6.07, 6.45) is 2.63. The molecule has 10 aromatic rings. The van der Waals surface area contributed by atoms with Crippen LogP contribution in [0, 0.1) is 0 Å². The molecule has 0 aliphatic heterocycles. The van der Waals surface area contributed by atoms with E-state index in [4.69, 9.17) is 4.42 Å². The van der Waals surface area contributed by atoms with E-state index < -0.39 is 0 Å². The minimum atomic E-state index is 0.844. The van der Waals surface area contributed by atoms with Crippen molar-refractivity contribution in [3.8, 4) is 78.1 Å². The van der Waals surface area contributed by atoms with E-state index in [1.54, 1.807) is 6.26 Å². The highest BCUT2D eigenvalue weighted by atomic mass is 16.3. The lowest BCUT2D eigenvalue weighted by Crippen LogP contribution is -1.95. The highest BCUT2D eigenvalue weighted by molar-refractivity contribution is 6.02. The van der Waals surface area contributed by atoms with Crippen LogP contribution >= 0.6 is 0 Å². The van der Waals surface area contributed by atoms with Gasteiger partial charge in [-0.25, -0.2) is 0 Å². The third kappa shape index (κ3) is 6.95. The Morgan fingerprint density at radius 2 is 0.845 bits per heavy atom. The predicted molar refractivity (Wildman–Crippen MR) is 244 cm³/mol. The maximum Gasteiger partial charge on any atom is 0.134 e. The van der Waals surface area contributed by atoms with Crippen LogP contribution in [0.1, 0.15) is 11.1 Å². The maximum absolute atomic E-state index is 6.08. The molecule has 1 heterocycles. The van der Waals surface area contributed by atoms with Crippen molar-refractivity contribution in [2.75, 3.05) is 0 Å². The zero-order valence-corrected chi connectivity index (χ0v) is 32.1. The standard InChI is InChI=1S/C57H40O/c1-3-14-40(15-4-1)36-41-16-11-21-48(37-41)49-38-54(46-29-27-43(28-30-46)42-17-5-2-6-18-42)57(55(39-49)52-23-9-10-24-53(52)56-26-13-35-58-56)47-33-31-45(32-34-47)51-25-12-20-44-19-7-8-22-50(44)51/h1-35,37-39H,36H2. The molecule has 0 bridgehead atoms. The van der Waals surface area contributed by atoms with Crippen LogP contribution in [0.25, 0.3) is 88.9 Å². The Kier molecular flexibility index (Phi) is 9.39. The zero-order valence-electron chi connectivity index (χ0n) is 32.1. The Labute approximate surface area is 340 Å². The van der Waals surface area contributed by atoms with Gasteiger partial charge >= 0.3 is 0 Å². The van der Waals surface area contributed by atoms with Crippen LogP contribution < -0.4 is 0 Å². The van der Waals surface area contributed by atoms with Crippen LogP contribution in [-0.4, -0.2) is 0 Å². The largest absolute Gasteiger partial charge is 0.464 e. The van der Waals surface area contributed by atoms with Gasteiger partial charge in [-0.05, 0) is 119 Å². The average Bonchev–Trinajstić information content (AvgIpc) is 3.85. The summed E-state index contributed by atoms with van der Waals surface area (Å²) < 4.78 is 6.08. The lowest BCUT2D eigenvalue weighted by Gasteiger charge is -2.21. The Balaban J connectivity index is 1.20. The fraction of sp³-hybridized carbons (Fsp3) is 0.0175. The molecule has 58 heavy (non-hydrogen) atoms. The molecule has 1 heteroatoms. The molecule has 1 aromatic heterocycles. The molecule has 1 nitrogen and oxygen atoms in total. The summed E-state index contributed by atoms with van der Waals surface area (Å²) >= 11 is 0. The van der Waals surface area contributed by atoms with Crippen LogP contribution in [-0.2, 0) is 6.42 Å². The summed E-state index contributed by atoms with van der Waals surface area (Å²) in [5, 5.41) is 2.49. The van der Waals surface area contributed by atoms with Crippen molar-refractivity contribution in [3.63, 3.8) is 0 Å². The summed E-state index contributed by atoms with van der Waals surface area (Å²) in [6.45, 7) is 0. The van der Waals surface area contributed by atoms with Gasteiger partial charge in [-0.2, -0.15) is 0 Å². The third-order valence-corrected chi connectivity index (χ3v) is 11.2. The molecule has 0 radical (unpaired) electrons. The first-order valence-corrected chi connectivity index (χ1v) is 19.9. The normalized spacial score (nSPS) is 11.2. The lowest BCUT2D eigenvalue weighted by atomic mass is 9.82. The van der Waals surface area contributed by atoms with Gasteiger partial charge in [0.05, 0.1) is 6.26 Å². The van der Waals surface area contributed by atoms with Crippen LogP contribution in [0.15, 0.2) is 235 Å². The second-order valence-corrected chi connectivity index (χ2v) is 14.9. The molecule has 0 saturated carbocycles. The second kappa shape index (κ2) is 15.6. The molecular weight excluding hydrogens is 701 g/mol. The Morgan fingerprint density at radius 1 is 0.293 bits per heavy atom. The topological polar surface area (TPSA) is 13.1 Å². The molecule has 0 unspecified atom stereocenters. The van der Waals surface area contributed by atoms with Gasteiger partial charge in [0.2, 0.25) is 0 Å². The summed E-state index contributed by atoms with van der Waals surface area (Å²) in [4.78, 5) is 0. The minimum Gasteiger partial charge on any atom is -0.464 e. The summed E-state index contributed by atoms with van der Waals surface area (Å²) in [7, 11) is 0. The van der Waals surface area contributed by atoms with E-state index >= 15 is 0 Å². The van der Waals surface area contributed by atoms with Gasteiger partial charge in [0, 0.05) is 5.56 Å². The van der Waals surface area contributed by atoms with Crippen molar-refractivity contribution >= 4 is 10.8 Å². The van der Waals surface area contributed by atoms with Crippen molar-refractivity contribution < 1.29 is 4.42 Å². The molecule has 0 saturated heterocycles. The van der Waals surface area contributed by atoms with Gasteiger partial charge < -0.3 is 4.42 Å². The minimum absolute atomic E-state index is 0.844. The lowest BCUT2D eigenvalue weighted by molar-refractivity contribution is 0.582. The number of benzene rings is 9. The number of rotatable bonds is 9. The van der Waals surface area contributed by atoms with Crippen molar-refractivity contribution in [1.29, 1.82) is 0 Å². The highest BCUT2D eigenvalue weighted by Crippen LogP contribution is 2.47. The van der Waals surface area contributed by atoms with Crippen LogP contribution in [0.3, 0.4) is 0 Å². The van der Waals surface area contributed by atoms with E-state index in [9.17, 15) is 0 Å². The monoisotopic (exact) mass is 740 g/mol.